The maximum absolute atomic E-state index is 12.6. The van der Waals surface area contributed by atoms with E-state index in [-0.39, 0.29) is 35.7 Å². The first-order valence-electron chi connectivity index (χ1n) is 10.4. The number of fused-ring (bicyclic) bond motifs is 2. The van der Waals surface area contributed by atoms with Gasteiger partial charge in [0.15, 0.2) is 6.67 Å². The van der Waals surface area contributed by atoms with Crippen LogP contribution in [0.25, 0.3) is 0 Å². The van der Waals surface area contributed by atoms with Crippen LogP contribution in [0, 0.1) is 0 Å². The SMILES string of the molecule is CC(C)[N+]1(C)[C@@H]2CC[C@H]1CC(OC(=O)C(CO)c1ccccc1)C2.FCC(F)(F)F.[Br-]. The molecule has 2 aliphatic heterocycles. The first-order valence-corrected chi connectivity index (χ1v) is 10.4. The Labute approximate surface area is 191 Å². The van der Waals surface area contributed by atoms with Crippen molar-refractivity contribution in [3.63, 3.8) is 0 Å². The molecule has 1 N–H and O–H groups in total. The molecule has 4 nitrogen and oxygen atoms in total. The molecular weight excluding hydrogens is 482 g/mol. The molecule has 9 heteroatoms. The van der Waals surface area contributed by atoms with E-state index in [1.54, 1.807) is 0 Å². The van der Waals surface area contributed by atoms with E-state index in [9.17, 15) is 27.5 Å². The normalized spacial score (nSPS) is 28.2. The van der Waals surface area contributed by atoms with E-state index in [1.807, 2.05) is 30.3 Å². The number of nitrogens with zero attached hydrogens (tertiary/aromatic N) is 1. The van der Waals surface area contributed by atoms with Crippen molar-refractivity contribution in [1.29, 1.82) is 0 Å². The lowest BCUT2D eigenvalue weighted by Crippen LogP contribution is -3.00. The van der Waals surface area contributed by atoms with Gasteiger partial charge >= 0.3 is 12.1 Å². The third-order valence-electron chi connectivity index (χ3n) is 6.69. The zero-order valence-electron chi connectivity index (χ0n) is 18.1. The van der Waals surface area contributed by atoms with Crippen LogP contribution < -0.4 is 17.0 Å². The van der Waals surface area contributed by atoms with Crippen LogP contribution in [0.2, 0.25) is 0 Å². The summed E-state index contributed by atoms with van der Waals surface area (Å²) in [4.78, 5) is 12.6. The third kappa shape index (κ3) is 6.89. The molecule has 2 saturated heterocycles. The number of quaternary nitrogens is 1. The fraction of sp³-hybridized carbons (Fsp3) is 0.682. The smallest absolute Gasteiger partial charge is 0.416 e. The highest BCUT2D eigenvalue weighted by Crippen LogP contribution is 2.44. The molecule has 0 amide bonds. The molecule has 0 spiro atoms. The Balaban J connectivity index is 0.000000607. The number of carbonyl (C=O) groups excluding carboxylic acids is 1. The summed E-state index contributed by atoms with van der Waals surface area (Å²) in [6.45, 7) is 2.17. The fourth-order valence-corrected chi connectivity index (χ4v) is 4.82. The molecule has 1 aromatic carbocycles. The molecule has 2 aliphatic rings. The summed E-state index contributed by atoms with van der Waals surface area (Å²) in [6.07, 6.45) is -0.267. The van der Waals surface area contributed by atoms with Gasteiger partial charge < -0.3 is 31.3 Å². The number of alkyl halides is 4. The van der Waals surface area contributed by atoms with Crippen molar-refractivity contribution in [2.45, 2.75) is 75.9 Å². The Bertz CT molecular complexity index is 673. The van der Waals surface area contributed by atoms with E-state index in [0.29, 0.717) is 18.1 Å². The Morgan fingerprint density at radius 2 is 1.65 bits per heavy atom. The predicted molar refractivity (Wildman–Crippen MR) is 106 cm³/mol. The van der Waals surface area contributed by atoms with Crippen LogP contribution in [0.5, 0.6) is 0 Å². The number of esters is 1. The van der Waals surface area contributed by atoms with Gasteiger partial charge in [0.05, 0.1) is 31.8 Å². The number of hydrogen-bond acceptors (Lipinski definition) is 3. The first-order chi connectivity index (χ1) is 14.0. The monoisotopic (exact) mass is 513 g/mol. The second-order valence-electron chi connectivity index (χ2n) is 8.63. The molecule has 3 rings (SSSR count). The van der Waals surface area contributed by atoms with E-state index in [4.69, 9.17) is 4.74 Å². The van der Waals surface area contributed by atoms with Gasteiger partial charge in [-0.25, -0.2) is 4.39 Å². The summed E-state index contributed by atoms with van der Waals surface area (Å²) in [5.74, 6) is -0.856. The molecule has 3 unspecified atom stereocenters. The van der Waals surface area contributed by atoms with Crippen LogP contribution in [0.15, 0.2) is 30.3 Å². The second-order valence-corrected chi connectivity index (χ2v) is 8.63. The number of ether oxygens (including phenoxy) is 1. The minimum absolute atomic E-state index is 0. The lowest BCUT2D eigenvalue weighted by molar-refractivity contribution is -0.968. The summed E-state index contributed by atoms with van der Waals surface area (Å²) in [5, 5.41) is 9.65. The van der Waals surface area contributed by atoms with Crippen LogP contribution in [-0.4, -0.2) is 66.3 Å². The summed E-state index contributed by atoms with van der Waals surface area (Å²) in [5.41, 5.74) is 0.826. The number of rotatable bonds is 5. The van der Waals surface area contributed by atoms with Crippen molar-refractivity contribution in [2.24, 2.45) is 0 Å². The van der Waals surface area contributed by atoms with Crippen molar-refractivity contribution in [3.8, 4) is 0 Å². The standard InChI is InChI=1S/C20H30NO3.C2H2F4.BrH/c1-14(2)21(3)16-9-10-17(21)12-18(11-16)24-20(23)19(13-22)15-7-5-4-6-8-15;3-1-2(4,5)6;/h4-8,14,16-19,22H,9-13H2,1-3H3;1H2;1H/q+1;;/p-1/t16-,17+,18?,19?,21?;;. The molecule has 2 bridgehead atoms. The van der Waals surface area contributed by atoms with Crippen molar-refractivity contribution in [3.05, 3.63) is 35.9 Å². The summed E-state index contributed by atoms with van der Waals surface area (Å²) in [6, 6.07) is 11.2. The number of piperidine rings is 1. The molecular formula is C22H32BrF4NO3. The number of aliphatic hydroxyl groups excluding tert-OH is 1. The number of benzene rings is 1. The Morgan fingerprint density at radius 3 is 2.03 bits per heavy atom. The van der Waals surface area contributed by atoms with Gasteiger partial charge in [-0.2, -0.15) is 13.2 Å². The zero-order valence-corrected chi connectivity index (χ0v) is 19.7. The maximum Gasteiger partial charge on any atom is 0.416 e. The molecule has 1 aromatic rings. The number of aliphatic hydroxyl groups is 1. The van der Waals surface area contributed by atoms with Gasteiger partial charge in [0.2, 0.25) is 0 Å². The van der Waals surface area contributed by atoms with Gasteiger partial charge in [-0.1, -0.05) is 30.3 Å². The Kier molecular flexibility index (Phi) is 10.4. The molecule has 0 aliphatic carbocycles. The number of halogens is 5. The van der Waals surface area contributed by atoms with E-state index >= 15 is 0 Å². The lowest BCUT2D eigenvalue weighted by atomic mass is 9.94. The lowest BCUT2D eigenvalue weighted by Gasteiger charge is -2.49. The van der Waals surface area contributed by atoms with Gasteiger partial charge in [0.25, 0.3) is 0 Å². The van der Waals surface area contributed by atoms with Crippen molar-refractivity contribution in [2.75, 3.05) is 20.3 Å². The minimum atomic E-state index is -4.62. The van der Waals surface area contributed by atoms with Crippen LogP contribution in [0.4, 0.5) is 17.6 Å². The van der Waals surface area contributed by atoms with Gasteiger partial charge in [-0.15, -0.1) is 0 Å². The van der Waals surface area contributed by atoms with Crippen LogP contribution in [0.1, 0.15) is 51.0 Å². The largest absolute Gasteiger partial charge is 1.00 e. The molecule has 2 heterocycles. The van der Waals surface area contributed by atoms with E-state index in [0.717, 1.165) is 22.9 Å². The van der Waals surface area contributed by atoms with Crippen LogP contribution in [0.3, 0.4) is 0 Å². The number of hydrogen-bond donors (Lipinski definition) is 1. The number of carbonyl (C=O) groups is 1. The van der Waals surface area contributed by atoms with Gasteiger partial charge in [0, 0.05) is 25.7 Å². The van der Waals surface area contributed by atoms with Crippen molar-refractivity contribution >= 4 is 5.97 Å². The second kappa shape index (κ2) is 11.6. The Morgan fingerprint density at radius 1 is 1.16 bits per heavy atom. The van der Waals surface area contributed by atoms with E-state index in [1.165, 1.54) is 12.8 Å². The third-order valence-corrected chi connectivity index (χ3v) is 6.69. The highest BCUT2D eigenvalue weighted by atomic mass is 79.9. The van der Waals surface area contributed by atoms with Gasteiger partial charge in [-0.3, -0.25) is 4.79 Å². The zero-order chi connectivity index (χ0) is 22.5. The molecule has 0 aromatic heterocycles. The highest BCUT2D eigenvalue weighted by Gasteiger charge is 2.53. The molecule has 178 valence electrons. The van der Waals surface area contributed by atoms with E-state index in [2.05, 4.69) is 20.9 Å². The average molecular weight is 514 g/mol. The van der Waals surface area contributed by atoms with Crippen molar-refractivity contribution in [1.82, 2.24) is 0 Å². The maximum atomic E-state index is 12.6. The Hall–Kier alpha value is -1.19. The molecule has 0 saturated carbocycles. The van der Waals surface area contributed by atoms with Gasteiger partial charge in [-0.05, 0) is 19.4 Å². The minimum Gasteiger partial charge on any atom is -1.00 e. The molecule has 2 fully saturated rings. The van der Waals surface area contributed by atoms with E-state index < -0.39 is 18.8 Å². The quantitative estimate of drug-likeness (QED) is 0.367. The first kappa shape index (κ1) is 27.8. The summed E-state index contributed by atoms with van der Waals surface area (Å²) in [7, 11) is 2.37. The molecule has 31 heavy (non-hydrogen) atoms. The summed E-state index contributed by atoms with van der Waals surface area (Å²) >= 11 is 0. The fourth-order valence-electron chi connectivity index (χ4n) is 4.82. The topological polar surface area (TPSA) is 46.5 Å². The average Bonchev–Trinajstić information content (AvgIpc) is 2.87. The highest BCUT2D eigenvalue weighted by molar-refractivity contribution is 5.78. The summed E-state index contributed by atoms with van der Waals surface area (Å²) < 4.78 is 48.6. The van der Waals surface area contributed by atoms with Gasteiger partial charge in [0.1, 0.15) is 12.0 Å². The predicted octanol–water partition coefficient (Wildman–Crippen LogP) is 1.38. The van der Waals surface area contributed by atoms with Crippen LogP contribution in [-0.2, 0) is 9.53 Å². The molecule has 0 radical (unpaired) electrons. The molecule has 5 atom stereocenters. The van der Waals surface area contributed by atoms with Crippen molar-refractivity contribution < 1.29 is 53.7 Å². The van der Waals surface area contributed by atoms with Crippen LogP contribution >= 0.6 is 0 Å².